The minimum atomic E-state index is -0.970. The lowest BCUT2D eigenvalue weighted by molar-refractivity contribution is 0.0699. The molecule has 5 heteroatoms. The Kier molecular flexibility index (Phi) is 5.04. The van der Waals surface area contributed by atoms with Crippen LogP contribution >= 0.6 is 0 Å². The van der Waals surface area contributed by atoms with E-state index in [-0.39, 0.29) is 5.56 Å². The van der Waals surface area contributed by atoms with Crippen molar-refractivity contribution in [1.82, 2.24) is 15.3 Å². The van der Waals surface area contributed by atoms with Crippen molar-refractivity contribution in [3.05, 3.63) is 77.6 Å². The molecule has 1 fully saturated rings. The van der Waals surface area contributed by atoms with Crippen molar-refractivity contribution in [2.45, 2.75) is 26.3 Å². The van der Waals surface area contributed by atoms with Gasteiger partial charge in [0.05, 0.1) is 11.1 Å². The van der Waals surface area contributed by atoms with E-state index in [0.717, 1.165) is 41.2 Å². The van der Waals surface area contributed by atoms with E-state index in [2.05, 4.69) is 51.7 Å². The number of aromatic carboxylic acids is 1. The van der Waals surface area contributed by atoms with Crippen molar-refractivity contribution in [1.29, 1.82) is 0 Å². The lowest BCUT2D eigenvalue weighted by atomic mass is 9.97. The number of hydrogen-bond acceptors (Lipinski definition) is 3. The highest BCUT2D eigenvalue weighted by Gasteiger charge is 2.20. The number of fused-ring (bicyclic) bond motifs is 1. The van der Waals surface area contributed by atoms with Crippen LogP contribution in [0.3, 0.4) is 0 Å². The summed E-state index contributed by atoms with van der Waals surface area (Å²) in [5.41, 5.74) is 6.90. The fraction of sp³-hybridized carbons (Fsp3) is 0.231. The molecule has 0 amide bonds. The van der Waals surface area contributed by atoms with Gasteiger partial charge in [-0.1, -0.05) is 42.5 Å². The summed E-state index contributed by atoms with van der Waals surface area (Å²) in [6, 6.07) is 20.6. The summed E-state index contributed by atoms with van der Waals surface area (Å²) in [6.45, 7) is 3.83. The Morgan fingerprint density at radius 3 is 2.48 bits per heavy atom. The van der Waals surface area contributed by atoms with E-state index in [1.165, 1.54) is 24.0 Å². The van der Waals surface area contributed by atoms with E-state index in [1.54, 1.807) is 6.07 Å². The molecule has 0 aliphatic heterocycles. The molecule has 5 nitrogen and oxygen atoms in total. The second-order valence-corrected chi connectivity index (χ2v) is 8.40. The largest absolute Gasteiger partial charge is 0.478 e. The predicted molar refractivity (Wildman–Crippen MR) is 123 cm³/mol. The monoisotopic (exact) mass is 411 g/mol. The summed E-state index contributed by atoms with van der Waals surface area (Å²) >= 11 is 0. The van der Waals surface area contributed by atoms with Gasteiger partial charge in [0.1, 0.15) is 11.3 Å². The third-order valence-electron chi connectivity index (χ3n) is 5.87. The summed E-state index contributed by atoms with van der Waals surface area (Å²) in [7, 11) is 0. The second kappa shape index (κ2) is 8.00. The van der Waals surface area contributed by atoms with Gasteiger partial charge in [-0.3, -0.25) is 0 Å². The zero-order valence-electron chi connectivity index (χ0n) is 17.5. The number of benzene rings is 3. The van der Waals surface area contributed by atoms with E-state index in [9.17, 15) is 9.90 Å². The molecule has 0 bridgehead atoms. The van der Waals surface area contributed by atoms with Crippen LogP contribution in [0.4, 0.5) is 0 Å². The maximum absolute atomic E-state index is 11.7. The fourth-order valence-electron chi connectivity index (χ4n) is 4.03. The molecule has 0 radical (unpaired) electrons. The Morgan fingerprint density at radius 1 is 1.03 bits per heavy atom. The quantitative estimate of drug-likeness (QED) is 0.380. The maximum atomic E-state index is 11.7. The van der Waals surface area contributed by atoms with Gasteiger partial charge in [-0.05, 0) is 78.2 Å². The molecule has 0 atom stereocenters. The number of imidazole rings is 1. The van der Waals surface area contributed by atoms with Crippen LogP contribution in [0.1, 0.15) is 34.6 Å². The van der Waals surface area contributed by atoms with Crippen molar-refractivity contribution in [2.24, 2.45) is 5.92 Å². The van der Waals surface area contributed by atoms with Crippen LogP contribution in [0.2, 0.25) is 0 Å². The number of H-pyrrole nitrogens is 1. The lowest BCUT2D eigenvalue weighted by Crippen LogP contribution is -2.15. The topological polar surface area (TPSA) is 78.0 Å². The molecule has 1 aliphatic carbocycles. The SMILES string of the molecule is Cc1nc2c(C(=O)O)cc(-c3ccc(-c4cccc(CNCC5CC5)c4)cc3)cc2[nH]1. The first-order valence-corrected chi connectivity index (χ1v) is 10.7. The molecule has 3 aromatic carbocycles. The van der Waals surface area contributed by atoms with Gasteiger partial charge >= 0.3 is 5.97 Å². The van der Waals surface area contributed by atoms with Crippen molar-refractivity contribution >= 4 is 17.0 Å². The van der Waals surface area contributed by atoms with Crippen LogP contribution in [0.5, 0.6) is 0 Å². The van der Waals surface area contributed by atoms with Gasteiger partial charge in [0.2, 0.25) is 0 Å². The summed E-state index contributed by atoms with van der Waals surface area (Å²) in [4.78, 5) is 19.2. The Bertz CT molecular complexity index is 1250. The third kappa shape index (κ3) is 4.23. The average molecular weight is 412 g/mol. The van der Waals surface area contributed by atoms with Crippen molar-refractivity contribution in [2.75, 3.05) is 6.54 Å². The van der Waals surface area contributed by atoms with Gasteiger partial charge in [0.15, 0.2) is 0 Å². The van der Waals surface area contributed by atoms with E-state index in [0.29, 0.717) is 11.3 Å². The molecule has 1 aliphatic rings. The van der Waals surface area contributed by atoms with E-state index < -0.39 is 5.97 Å². The molecule has 0 spiro atoms. The van der Waals surface area contributed by atoms with E-state index in [1.807, 2.05) is 25.1 Å². The summed E-state index contributed by atoms with van der Waals surface area (Å²) in [6.07, 6.45) is 2.72. The van der Waals surface area contributed by atoms with Crippen LogP contribution in [0, 0.1) is 12.8 Å². The Hall–Kier alpha value is -3.44. The number of carbonyl (C=O) groups is 1. The molecular formula is C26H25N3O2. The maximum Gasteiger partial charge on any atom is 0.337 e. The number of carboxylic acid groups (broad SMARTS) is 1. The number of rotatable bonds is 7. The van der Waals surface area contributed by atoms with Gasteiger partial charge in [0, 0.05) is 6.54 Å². The molecule has 31 heavy (non-hydrogen) atoms. The van der Waals surface area contributed by atoms with Crippen molar-refractivity contribution in [3.8, 4) is 22.3 Å². The van der Waals surface area contributed by atoms with Crippen LogP contribution < -0.4 is 5.32 Å². The lowest BCUT2D eigenvalue weighted by Gasteiger charge is -2.09. The van der Waals surface area contributed by atoms with Gasteiger partial charge in [-0.15, -0.1) is 0 Å². The molecule has 156 valence electrons. The Balaban J connectivity index is 1.40. The second-order valence-electron chi connectivity index (χ2n) is 8.40. The number of aromatic nitrogens is 2. The van der Waals surface area contributed by atoms with Gasteiger partial charge in [-0.25, -0.2) is 9.78 Å². The highest BCUT2D eigenvalue weighted by Crippen LogP contribution is 2.30. The fourth-order valence-corrected chi connectivity index (χ4v) is 4.03. The van der Waals surface area contributed by atoms with Crippen LogP contribution in [-0.2, 0) is 6.54 Å². The molecule has 1 heterocycles. The molecule has 3 N–H and O–H groups in total. The zero-order valence-corrected chi connectivity index (χ0v) is 17.5. The molecular weight excluding hydrogens is 386 g/mol. The van der Waals surface area contributed by atoms with Gasteiger partial charge < -0.3 is 15.4 Å². The summed E-state index contributed by atoms with van der Waals surface area (Å²) < 4.78 is 0. The third-order valence-corrected chi connectivity index (χ3v) is 5.87. The molecule has 1 aromatic heterocycles. The van der Waals surface area contributed by atoms with Crippen molar-refractivity contribution < 1.29 is 9.90 Å². The first-order valence-electron chi connectivity index (χ1n) is 10.7. The first-order chi connectivity index (χ1) is 15.1. The van der Waals surface area contributed by atoms with Crippen LogP contribution in [0.15, 0.2) is 60.7 Å². The number of nitrogens with one attached hydrogen (secondary N) is 2. The van der Waals surface area contributed by atoms with Crippen LogP contribution in [-0.4, -0.2) is 27.6 Å². The summed E-state index contributed by atoms with van der Waals surface area (Å²) in [5, 5.41) is 13.2. The smallest absolute Gasteiger partial charge is 0.337 e. The zero-order chi connectivity index (χ0) is 21.4. The van der Waals surface area contributed by atoms with Gasteiger partial charge in [-0.2, -0.15) is 0 Å². The number of hydrogen-bond donors (Lipinski definition) is 3. The molecule has 1 saturated carbocycles. The van der Waals surface area contributed by atoms with Crippen LogP contribution in [0.25, 0.3) is 33.3 Å². The summed E-state index contributed by atoms with van der Waals surface area (Å²) in [5.74, 6) is 0.612. The predicted octanol–water partition coefficient (Wildman–Crippen LogP) is 5.40. The number of carboxylic acids is 1. The Morgan fingerprint density at radius 2 is 1.77 bits per heavy atom. The molecule has 0 saturated heterocycles. The molecule has 5 rings (SSSR count). The van der Waals surface area contributed by atoms with E-state index in [4.69, 9.17) is 0 Å². The minimum absolute atomic E-state index is 0.215. The molecule has 0 unspecified atom stereocenters. The highest BCUT2D eigenvalue weighted by molar-refractivity contribution is 6.03. The highest BCUT2D eigenvalue weighted by atomic mass is 16.4. The normalized spacial score (nSPS) is 13.6. The number of nitrogens with zero attached hydrogens (tertiary/aromatic N) is 1. The average Bonchev–Trinajstić information content (AvgIpc) is 3.51. The first kappa shape index (κ1) is 19.5. The minimum Gasteiger partial charge on any atom is -0.478 e. The van der Waals surface area contributed by atoms with Gasteiger partial charge in [0.25, 0.3) is 0 Å². The standard InChI is InChI=1S/C26H25N3O2/c1-16-28-24-13-22(12-23(26(30)31)25(24)29-16)20-9-7-19(8-10-20)21-4-2-3-18(11-21)15-27-14-17-5-6-17/h2-4,7-13,17,27H,5-6,14-15H2,1H3,(H,28,29)(H,30,31). The van der Waals surface area contributed by atoms with Crippen molar-refractivity contribution in [3.63, 3.8) is 0 Å². The number of aromatic amines is 1. The Labute approximate surface area is 181 Å². The van der Waals surface area contributed by atoms with E-state index >= 15 is 0 Å². The number of aryl methyl sites for hydroxylation is 1. The molecule has 4 aromatic rings.